The van der Waals surface area contributed by atoms with Gasteiger partial charge < -0.3 is 24.3 Å². The summed E-state index contributed by atoms with van der Waals surface area (Å²) < 4.78 is 190. The van der Waals surface area contributed by atoms with Crippen molar-refractivity contribution in [1.29, 1.82) is 0 Å². The van der Waals surface area contributed by atoms with Gasteiger partial charge in [-0.15, -0.1) is 0 Å². The highest BCUT2D eigenvalue weighted by Crippen LogP contribution is 2.50. The number of halogens is 13. The minimum atomic E-state index is -7.04. The van der Waals surface area contributed by atoms with E-state index in [1.807, 2.05) is 10.1 Å². The third-order valence-electron chi connectivity index (χ3n) is 4.08. The molecular formula is C19H20F13NO8. The van der Waals surface area contributed by atoms with Crippen LogP contribution in [0.3, 0.4) is 0 Å². The molecule has 0 spiro atoms. The van der Waals surface area contributed by atoms with Gasteiger partial charge in [0, 0.05) is 12.5 Å². The Morgan fingerprint density at radius 2 is 1.37 bits per heavy atom. The van der Waals surface area contributed by atoms with Crippen molar-refractivity contribution in [2.75, 3.05) is 26.4 Å². The van der Waals surface area contributed by atoms with Crippen molar-refractivity contribution in [1.82, 2.24) is 5.32 Å². The van der Waals surface area contributed by atoms with Crippen LogP contribution in [0.5, 0.6) is 0 Å². The van der Waals surface area contributed by atoms with Crippen molar-refractivity contribution >= 4 is 18.0 Å². The molecule has 22 heteroatoms. The summed E-state index contributed by atoms with van der Waals surface area (Å²) in [6.07, 6.45) is -35.4. The largest absolute Gasteiger partial charge is 0.483 e. The maximum absolute atomic E-state index is 14.1. The summed E-state index contributed by atoms with van der Waals surface area (Å²) in [7, 11) is 0. The lowest BCUT2D eigenvalue weighted by Gasteiger charge is -2.37. The van der Waals surface area contributed by atoms with Crippen molar-refractivity contribution in [2.45, 2.75) is 62.7 Å². The molecule has 0 aromatic heterocycles. The molecule has 2 unspecified atom stereocenters. The lowest BCUT2D eigenvalue weighted by Crippen LogP contribution is -2.63. The zero-order valence-corrected chi connectivity index (χ0v) is 20.4. The molecule has 1 N–H and O–H groups in total. The molecule has 0 fully saturated rings. The summed E-state index contributed by atoms with van der Waals surface area (Å²) in [6, 6.07) is 0. The van der Waals surface area contributed by atoms with Gasteiger partial charge in [0.05, 0.1) is 13.2 Å². The minimum Gasteiger partial charge on any atom is -0.460 e. The van der Waals surface area contributed by atoms with E-state index in [-0.39, 0.29) is 5.57 Å². The van der Waals surface area contributed by atoms with Gasteiger partial charge in [0.2, 0.25) is 6.10 Å². The molecule has 0 aliphatic rings. The Bertz CT molecular complexity index is 927. The normalized spacial score (nSPS) is 14.7. The summed E-state index contributed by atoms with van der Waals surface area (Å²) in [4.78, 5) is 33.9. The molecule has 0 heterocycles. The number of carbonyl (C=O) groups is 3. The fourth-order valence-corrected chi connectivity index (χ4v) is 2.21. The van der Waals surface area contributed by atoms with Gasteiger partial charge in [0.1, 0.15) is 13.2 Å². The van der Waals surface area contributed by atoms with E-state index >= 15 is 0 Å². The second-order valence-corrected chi connectivity index (χ2v) is 7.61. The molecule has 2 atom stereocenters. The predicted molar refractivity (Wildman–Crippen MR) is 103 cm³/mol. The molecule has 0 aliphatic carbocycles. The highest BCUT2D eigenvalue weighted by atomic mass is 19.4. The van der Waals surface area contributed by atoms with Crippen molar-refractivity contribution in [2.24, 2.45) is 0 Å². The number of esters is 2. The SMILES string of the molecule is C=C(C)C(=O)OCCNC(=O)OCC(COC(C(F)(F)OC(F)(F)C(F)(F)F)C(F)(F)C(F)(F)C(F)F)OC(C)=O. The molecule has 240 valence electrons. The predicted octanol–water partition coefficient (Wildman–Crippen LogP) is 4.45. The number of amides is 1. The molecular weight excluding hydrogens is 617 g/mol. The zero-order valence-electron chi connectivity index (χ0n) is 20.4. The fourth-order valence-electron chi connectivity index (χ4n) is 2.21. The van der Waals surface area contributed by atoms with E-state index in [0.29, 0.717) is 6.92 Å². The lowest BCUT2D eigenvalue weighted by molar-refractivity contribution is -0.484. The topological polar surface area (TPSA) is 109 Å². The molecule has 1 amide bonds. The molecule has 0 saturated carbocycles. The number of rotatable bonds is 16. The lowest BCUT2D eigenvalue weighted by atomic mass is 10.0. The first kappa shape index (κ1) is 38.0. The van der Waals surface area contributed by atoms with E-state index in [0.717, 1.165) is 0 Å². The first-order valence-electron chi connectivity index (χ1n) is 10.4. The van der Waals surface area contributed by atoms with Crippen LogP contribution in [0.1, 0.15) is 13.8 Å². The number of alkyl carbamates (subject to hydrolysis) is 1. The number of carbonyl (C=O) groups excluding carboxylic acids is 3. The van der Waals surface area contributed by atoms with Gasteiger partial charge in [-0.3, -0.25) is 4.79 Å². The van der Waals surface area contributed by atoms with Crippen molar-refractivity contribution in [3.63, 3.8) is 0 Å². The van der Waals surface area contributed by atoms with Crippen LogP contribution in [-0.2, 0) is 33.3 Å². The summed E-state index contributed by atoms with van der Waals surface area (Å²) in [6.45, 7) is 0.714. The Labute approximate surface area is 220 Å². The Kier molecular flexibility index (Phi) is 13.2. The Hall–Kier alpha value is -3.04. The first-order valence-corrected chi connectivity index (χ1v) is 10.4. The Morgan fingerprint density at radius 3 is 1.80 bits per heavy atom. The zero-order chi connectivity index (χ0) is 32.6. The molecule has 9 nitrogen and oxygen atoms in total. The van der Waals surface area contributed by atoms with E-state index in [1.165, 1.54) is 6.92 Å². The van der Waals surface area contributed by atoms with Crippen molar-refractivity contribution in [3.8, 4) is 0 Å². The average molecular weight is 637 g/mol. The van der Waals surface area contributed by atoms with E-state index in [9.17, 15) is 71.5 Å². The van der Waals surface area contributed by atoms with Crippen molar-refractivity contribution < 1.29 is 95.1 Å². The van der Waals surface area contributed by atoms with Gasteiger partial charge in [-0.05, 0) is 6.92 Å². The van der Waals surface area contributed by atoms with E-state index in [1.54, 1.807) is 0 Å². The van der Waals surface area contributed by atoms with Gasteiger partial charge in [-0.1, -0.05) is 6.58 Å². The maximum atomic E-state index is 14.1. The number of alkyl halides is 13. The van der Waals surface area contributed by atoms with Crippen LogP contribution in [0, 0.1) is 0 Å². The van der Waals surface area contributed by atoms with Crippen LogP contribution < -0.4 is 5.32 Å². The van der Waals surface area contributed by atoms with Crippen LogP contribution >= 0.6 is 0 Å². The summed E-state index contributed by atoms with van der Waals surface area (Å²) >= 11 is 0. The van der Waals surface area contributed by atoms with Gasteiger partial charge in [-0.25, -0.2) is 23.1 Å². The molecule has 0 rings (SSSR count). The monoisotopic (exact) mass is 637 g/mol. The maximum Gasteiger partial charge on any atom is 0.483 e. The molecule has 41 heavy (non-hydrogen) atoms. The Morgan fingerprint density at radius 1 is 0.829 bits per heavy atom. The average Bonchev–Trinajstić information content (AvgIpc) is 2.77. The van der Waals surface area contributed by atoms with E-state index in [2.05, 4.69) is 25.5 Å². The van der Waals surface area contributed by atoms with Crippen LogP contribution in [0.25, 0.3) is 0 Å². The van der Waals surface area contributed by atoms with Gasteiger partial charge in [-0.2, -0.15) is 48.3 Å². The second kappa shape index (κ2) is 14.2. The summed E-state index contributed by atoms with van der Waals surface area (Å²) in [5, 5.41) is 1.89. The van der Waals surface area contributed by atoms with Crippen LogP contribution in [0.15, 0.2) is 12.2 Å². The summed E-state index contributed by atoms with van der Waals surface area (Å²) in [5.74, 6) is -16.1. The van der Waals surface area contributed by atoms with Gasteiger partial charge >= 0.3 is 54.7 Å². The van der Waals surface area contributed by atoms with Gasteiger partial charge in [0.25, 0.3) is 0 Å². The Balaban J connectivity index is 5.84. The summed E-state index contributed by atoms with van der Waals surface area (Å²) in [5.41, 5.74) is -0.0231. The molecule has 0 aromatic carbocycles. The number of hydrogen-bond donors (Lipinski definition) is 1. The van der Waals surface area contributed by atoms with Crippen LogP contribution in [0.4, 0.5) is 61.9 Å². The van der Waals surface area contributed by atoms with Gasteiger partial charge in [0.15, 0.2) is 6.10 Å². The first-order chi connectivity index (χ1) is 18.3. The van der Waals surface area contributed by atoms with Crippen molar-refractivity contribution in [3.05, 3.63) is 12.2 Å². The highest BCUT2D eigenvalue weighted by Gasteiger charge is 2.76. The molecule has 0 saturated heterocycles. The minimum absolute atomic E-state index is 0.0231. The fraction of sp³-hybridized carbons (Fsp3) is 0.737. The molecule has 0 aromatic rings. The quantitative estimate of drug-likeness (QED) is 0.0870. The highest BCUT2D eigenvalue weighted by molar-refractivity contribution is 5.86. The second-order valence-electron chi connectivity index (χ2n) is 7.61. The number of ether oxygens (including phenoxy) is 5. The van der Waals surface area contributed by atoms with E-state index in [4.69, 9.17) is 0 Å². The third-order valence-corrected chi connectivity index (χ3v) is 4.08. The van der Waals surface area contributed by atoms with E-state index < -0.39 is 93.3 Å². The third kappa shape index (κ3) is 11.0. The number of hydrogen-bond acceptors (Lipinski definition) is 8. The van der Waals surface area contributed by atoms with Crippen LogP contribution in [0.2, 0.25) is 0 Å². The molecule has 0 bridgehead atoms. The number of nitrogens with one attached hydrogen (secondary N) is 1. The molecule has 0 aliphatic heterocycles. The smallest absolute Gasteiger partial charge is 0.460 e. The molecule has 0 radical (unpaired) electrons. The van der Waals surface area contributed by atoms with Crippen LogP contribution in [-0.4, -0.2) is 93.3 Å². The standard InChI is InChI=1S/C19H20F13NO8/c1-8(2)11(35)37-5-4-33-14(36)39-7-10(40-9(3)34)6-38-12(15(22,23)16(24,25)13(20)21)17(26,27)41-19(31,32)18(28,29)30/h10,12-13H,1,4-7H2,2-3H3,(H,33,36).